The zero-order chi connectivity index (χ0) is 28.2. The molecule has 2 fully saturated rings. The van der Waals surface area contributed by atoms with Crippen molar-refractivity contribution in [3.05, 3.63) is 111 Å². The van der Waals surface area contributed by atoms with Crippen LogP contribution in [0.4, 0.5) is 0 Å². The van der Waals surface area contributed by atoms with Gasteiger partial charge in [-0.25, -0.2) is 4.98 Å². The molecule has 2 aliphatic rings. The van der Waals surface area contributed by atoms with Crippen molar-refractivity contribution in [2.45, 2.75) is 57.3 Å². The fraction of sp³-hybridized carbons (Fsp3) is 0.343. The smallest absolute Gasteiger partial charge is 0.274 e. The number of hydrogen-bond acceptors (Lipinski definition) is 4. The van der Waals surface area contributed by atoms with E-state index in [9.17, 15) is 14.7 Å². The Balaban J connectivity index is 1.13. The van der Waals surface area contributed by atoms with Gasteiger partial charge in [0.25, 0.3) is 11.5 Å². The van der Waals surface area contributed by atoms with Crippen LogP contribution in [-0.4, -0.2) is 39.0 Å². The molecule has 210 valence electrons. The Hall–Kier alpha value is -4.19. The van der Waals surface area contributed by atoms with Crippen LogP contribution in [0.2, 0.25) is 0 Å². The molecule has 1 saturated heterocycles. The SMILES string of the molecule is O=C(c1ccc2nc(C=C(O)c3ccc(C4CCCCC4)cc3)c(=O)[nH]c2c1)N1CCC(Cc2ccccc2)CC1. The van der Waals surface area contributed by atoms with Crippen molar-refractivity contribution in [1.82, 2.24) is 14.9 Å². The Labute approximate surface area is 240 Å². The monoisotopic (exact) mass is 547 g/mol. The van der Waals surface area contributed by atoms with Crippen molar-refractivity contribution < 1.29 is 9.90 Å². The van der Waals surface area contributed by atoms with Gasteiger partial charge in [-0.15, -0.1) is 0 Å². The van der Waals surface area contributed by atoms with E-state index in [1.54, 1.807) is 18.2 Å². The van der Waals surface area contributed by atoms with Gasteiger partial charge in [0.15, 0.2) is 0 Å². The quantitative estimate of drug-likeness (QED) is 0.252. The Morgan fingerprint density at radius 3 is 2.34 bits per heavy atom. The molecule has 1 aliphatic heterocycles. The van der Waals surface area contributed by atoms with Crippen LogP contribution in [0.3, 0.4) is 0 Å². The Morgan fingerprint density at radius 1 is 0.902 bits per heavy atom. The predicted octanol–water partition coefficient (Wildman–Crippen LogP) is 7.12. The lowest BCUT2D eigenvalue weighted by Gasteiger charge is -2.32. The number of aliphatic hydroxyl groups is 1. The maximum absolute atomic E-state index is 13.3. The topological polar surface area (TPSA) is 86.3 Å². The minimum Gasteiger partial charge on any atom is -0.507 e. The number of piperidine rings is 1. The number of carbonyl (C=O) groups is 1. The number of amides is 1. The summed E-state index contributed by atoms with van der Waals surface area (Å²) in [7, 11) is 0. The van der Waals surface area contributed by atoms with Crippen molar-refractivity contribution in [2.75, 3.05) is 13.1 Å². The van der Waals surface area contributed by atoms with Gasteiger partial charge in [0.05, 0.1) is 11.0 Å². The number of fused-ring (bicyclic) bond motifs is 1. The first-order valence-electron chi connectivity index (χ1n) is 14.9. The molecule has 6 rings (SSSR count). The third-order valence-electron chi connectivity index (χ3n) is 8.79. The number of nitrogens with zero attached hydrogens (tertiary/aromatic N) is 2. The van der Waals surface area contributed by atoms with E-state index >= 15 is 0 Å². The van der Waals surface area contributed by atoms with Crippen LogP contribution in [0.25, 0.3) is 22.9 Å². The first-order valence-corrected chi connectivity index (χ1v) is 14.9. The minimum atomic E-state index is -0.408. The lowest BCUT2D eigenvalue weighted by molar-refractivity contribution is 0.0690. The molecule has 6 heteroatoms. The number of nitrogens with one attached hydrogen (secondary N) is 1. The number of benzene rings is 3. The zero-order valence-corrected chi connectivity index (χ0v) is 23.4. The Bertz CT molecular complexity index is 1590. The van der Waals surface area contributed by atoms with Crippen LogP contribution >= 0.6 is 0 Å². The molecule has 0 atom stereocenters. The van der Waals surface area contributed by atoms with Gasteiger partial charge < -0.3 is 15.0 Å². The number of H-pyrrole nitrogens is 1. The van der Waals surface area contributed by atoms with Gasteiger partial charge in [0, 0.05) is 30.3 Å². The average molecular weight is 548 g/mol. The van der Waals surface area contributed by atoms with Crippen LogP contribution < -0.4 is 5.56 Å². The molecular weight excluding hydrogens is 510 g/mol. The molecule has 6 nitrogen and oxygen atoms in total. The van der Waals surface area contributed by atoms with Gasteiger partial charge >= 0.3 is 0 Å². The van der Waals surface area contributed by atoms with Crippen molar-refractivity contribution in [2.24, 2.45) is 5.92 Å². The molecule has 2 heterocycles. The van der Waals surface area contributed by atoms with Crippen molar-refractivity contribution in [1.29, 1.82) is 0 Å². The molecule has 0 bridgehead atoms. The highest BCUT2D eigenvalue weighted by Gasteiger charge is 2.24. The second-order valence-electron chi connectivity index (χ2n) is 11.6. The summed E-state index contributed by atoms with van der Waals surface area (Å²) >= 11 is 0. The molecule has 1 amide bonds. The number of rotatable bonds is 6. The number of aliphatic hydroxyl groups excluding tert-OH is 1. The van der Waals surface area contributed by atoms with Crippen LogP contribution in [0, 0.1) is 5.92 Å². The molecule has 1 aliphatic carbocycles. The molecule has 0 unspecified atom stereocenters. The van der Waals surface area contributed by atoms with E-state index in [2.05, 4.69) is 46.4 Å². The normalized spacial score (nSPS) is 17.2. The summed E-state index contributed by atoms with van der Waals surface area (Å²) < 4.78 is 0. The van der Waals surface area contributed by atoms with E-state index in [0.29, 0.717) is 34.0 Å². The van der Waals surface area contributed by atoms with Crippen LogP contribution in [0.1, 0.15) is 83.6 Å². The first kappa shape index (κ1) is 27.0. The van der Waals surface area contributed by atoms with Crippen molar-refractivity contribution in [3.63, 3.8) is 0 Å². The second-order valence-corrected chi connectivity index (χ2v) is 11.6. The number of hydrogen-bond donors (Lipinski definition) is 2. The van der Waals surface area contributed by atoms with Gasteiger partial charge in [-0.05, 0) is 73.3 Å². The molecule has 4 aromatic rings. The van der Waals surface area contributed by atoms with Crippen molar-refractivity contribution >= 4 is 28.8 Å². The highest BCUT2D eigenvalue weighted by Crippen LogP contribution is 2.33. The molecular formula is C35H37N3O3. The van der Waals surface area contributed by atoms with Gasteiger partial charge in [-0.1, -0.05) is 73.9 Å². The second kappa shape index (κ2) is 12.1. The maximum atomic E-state index is 13.3. The minimum absolute atomic E-state index is 0.00000840. The lowest BCUT2D eigenvalue weighted by atomic mass is 9.84. The number of aromatic nitrogens is 2. The molecule has 1 aromatic heterocycles. The van der Waals surface area contributed by atoms with E-state index in [1.165, 1.54) is 49.3 Å². The fourth-order valence-electron chi connectivity index (χ4n) is 6.38. The molecule has 41 heavy (non-hydrogen) atoms. The zero-order valence-electron chi connectivity index (χ0n) is 23.4. The highest BCUT2D eigenvalue weighted by molar-refractivity contribution is 5.97. The summed E-state index contributed by atoms with van der Waals surface area (Å²) in [5.74, 6) is 1.15. The largest absolute Gasteiger partial charge is 0.507 e. The molecule has 3 aromatic carbocycles. The van der Waals surface area contributed by atoms with Gasteiger partial charge in [-0.3, -0.25) is 9.59 Å². The summed E-state index contributed by atoms with van der Waals surface area (Å²) in [6.07, 6.45) is 10.7. The third kappa shape index (κ3) is 6.27. The highest BCUT2D eigenvalue weighted by atomic mass is 16.3. The summed E-state index contributed by atoms with van der Waals surface area (Å²) in [4.78, 5) is 35.4. The Morgan fingerprint density at radius 2 is 1.61 bits per heavy atom. The third-order valence-corrected chi connectivity index (χ3v) is 8.79. The molecule has 0 radical (unpaired) electrons. The number of likely N-dealkylation sites (tertiary alicyclic amines) is 1. The van der Waals surface area contributed by atoms with Crippen molar-refractivity contribution in [3.8, 4) is 0 Å². The average Bonchev–Trinajstić information content (AvgIpc) is 3.02. The van der Waals surface area contributed by atoms with Crippen LogP contribution in [0.15, 0.2) is 77.6 Å². The van der Waals surface area contributed by atoms with E-state index in [1.807, 2.05) is 23.1 Å². The van der Waals surface area contributed by atoms with Gasteiger partial charge in [-0.2, -0.15) is 0 Å². The molecule has 1 saturated carbocycles. The summed E-state index contributed by atoms with van der Waals surface area (Å²) in [6.45, 7) is 1.46. The summed E-state index contributed by atoms with van der Waals surface area (Å²) in [5.41, 5.74) is 4.64. The van der Waals surface area contributed by atoms with Gasteiger partial charge in [0.1, 0.15) is 11.5 Å². The van der Waals surface area contributed by atoms with Gasteiger partial charge in [0.2, 0.25) is 0 Å². The van der Waals surface area contributed by atoms with Crippen LogP contribution in [0.5, 0.6) is 0 Å². The number of carbonyl (C=O) groups excluding carboxylic acids is 1. The molecule has 0 spiro atoms. The lowest BCUT2D eigenvalue weighted by Crippen LogP contribution is -2.38. The van der Waals surface area contributed by atoms with E-state index < -0.39 is 5.56 Å². The van der Waals surface area contributed by atoms with Crippen LogP contribution in [-0.2, 0) is 6.42 Å². The van der Waals surface area contributed by atoms with E-state index in [4.69, 9.17) is 0 Å². The predicted molar refractivity (Wildman–Crippen MR) is 164 cm³/mol. The summed E-state index contributed by atoms with van der Waals surface area (Å²) in [6, 6.07) is 23.7. The Kier molecular flexibility index (Phi) is 7.99. The fourth-order valence-corrected chi connectivity index (χ4v) is 6.38. The summed E-state index contributed by atoms with van der Waals surface area (Å²) in [5, 5.41) is 10.8. The first-order chi connectivity index (χ1) is 20.0. The maximum Gasteiger partial charge on any atom is 0.274 e. The standard InChI is InChI=1S/C35H37N3O3/c39-33(28-13-11-27(12-14-28)26-9-5-2-6-10-26)23-32-34(40)37-31-22-29(15-16-30(31)36-32)35(41)38-19-17-25(18-20-38)21-24-7-3-1-4-8-24/h1,3-4,7-8,11-16,22-23,25-26,39H,2,5-6,9-10,17-21H2,(H,37,40). The van der Waals surface area contributed by atoms with E-state index in [-0.39, 0.29) is 17.4 Å². The number of aromatic amines is 1. The molecule has 2 N–H and O–H groups in total. The van der Waals surface area contributed by atoms with E-state index in [0.717, 1.165) is 32.4 Å².